The van der Waals surface area contributed by atoms with E-state index in [9.17, 15) is 18.8 Å². The Morgan fingerprint density at radius 2 is 1.81 bits per heavy atom. The molecule has 0 radical (unpaired) electrons. The molecule has 0 aliphatic rings. The Labute approximate surface area is 210 Å². The Balaban J connectivity index is 1.68. The third-order valence-electron chi connectivity index (χ3n) is 5.56. The fraction of sp³-hybridized carbons (Fsp3) is 0.192. The Bertz CT molecular complexity index is 1540. The number of primary amides is 1. The maximum absolute atomic E-state index is 13.6. The van der Waals surface area contributed by atoms with E-state index in [0.717, 1.165) is 0 Å². The second kappa shape index (κ2) is 10.3. The number of ether oxygens (including phenoxy) is 1. The zero-order valence-electron chi connectivity index (χ0n) is 19.5. The number of carbonyl (C=O) groups excluding carboxylic acids is 2. The van der Waals surface area contributed by atoms with Gasteiger partial charge in [-0.2, -0.15) is 0 Å². The topological polar surface area (TPSA) is 126 Å². The van der Waals surface area contributed by atoms with Crippen LogP contribution in [0.1, 0.15) is 24.2 Å². The molecule has 186 valence electrons. The molecule has 0 unspecified atom stereocenters. The third kappa shape index (κ3) is 5.32. The first-order valence-corrected chi connectivity index (χ1v) is 11.5. The summed E-state index contributed by atoms with van der Waals surface area (Å²) in [6.07, 6.45) is -0.128. The van der Waals surface area contributed by atoms with E-state index in [4.69, 9.17) is 22.1 Å². The molecule has 0 bridgehead atoms. The molecule has 8 nitrogen and oxygen atoms in total. The Kier molecular flexibility index (Phi) is 7.23. The fourth-order valence-electron chi connectivity index (χ4n) is 3.83. The van der Waals surface area contributed by atoms with Gasteiger partial charge in [-0.1, -0.05) is 23.7 Å². The van der Waals surface area contributed by atoms with Crippen LogP contribution in [-0.2, 0) is 9.53 Å². The number of para-hydroxylation sites is 1. The molecule has 1 aromatic heterocycles. The number of pyridine rings is 1. The SMILES string of the molecule is CC(C)OC[C@H](Nc1ccc(F)c(Cl)c1)C(=O)Nc1ccc2c(=O)[nH]c3c(C(N)=O)cccc3c2c1. The van der Waals surface area contributed by atoms with E-state index in [2.05, 4.69) is 15.6 Å². The van der Waals surface area contributed by atoms with Crippen LogP contribution in [0.2, 0.25) is 5.02 Å². The molecule has 5 N–H and O–H groups in total. The molecule has 0 spiro atoms. The molecule has 36 heavy (non-hydrogen) atoms. The molecular formula is C26H24ClFN4O4. The maximum atomic E-state index is 13.6. The monoisotopic (exact) mass is 510 g/mol. The van der Waals surface area contributed by atoms with Gasteiger partial charge < -0.3 is 26.1 Å². The summed E-state index contributed by atoms with van der Waals surface area (Å²) in [7, 11) is 0. The van der Waals surface area contributed by atoms with Crippen molar-refractivity contribution in [3.05, 3.63) is 81.4 Å². The number of hydrogen-bond donors (Lipinski definition) is 4. The summed E-state index contributed by atoms with van der Waals surface area (Å²) >= 11 is 5.88. The fourth-order valence-corrected chi connectivity index (χ4v) is 4.01. The van der Waals surface area contributed by atoms with Gasteiger partial charge in [0, 0.05) is 22.1 Å². The van der Waals surface area contributed by atoms with E-state index >= 15 is 0 Å². The van der Waals surface area contributed by atoms with Gasteiger partial charge in [-0.25, -0.2) is 4.39 Å². The van der Waals surface area contributed by atoms with Gasteiger partial charge in [0.25, 0.3) is 11.5 Å². The smallest absolute Gasteiger partial charge is 0.256 e. The Hall–Kier alpha value is -3.95. The minimum absolute atomic E-state index is 0.0383. The lowest BCUT2D eigenvalue weighted by Gasteiger charge is -2.21. The first kappa shape index (κ1) is 25.2. The van der Waals surface area contributed by atoms with Gasteiger partial charge in [0.1, 0.15) is 11.9 Å². The summed E-state index contributed by atoms with van der Waals surface area (Å²) < 4.78 is 19.2. The molecule has 2 amide bonds. The number of anilines is 2. The van der Waals surface area contributed by atoms with Crippen molar-refractivity contribution >= 4 is 56.5 Å². The van der Waals surface area contributed by atoms with Gasteiger partial charge in [-0.05, 0) is 61.7 Å². The van der Waals surface area contributed by atoms with Crippen LogP contribution in [0.15, 0.2) is 59.4 Å². The van der Waals surface area contributed by atoms with E-state index in [0.29, 0.717) is 33.1 Å². The maximum Gasteiger partial charge on any atom is 0.256 e. The van der Waals surface area contributed by atoms with Crippen molar-refractivity contribution in [3.63, 3.8) is 0 Å². The van der Waals surface area contributed by atoms with E-state index in [-0.39, 0.29) is 28.9 Å². The van der Waals surface area contributed by atoms with Gasteiger partial charge in [-0.3, -0.25) is 14.4 Å². The van der Waals surface area contributed by atoms with Crippen molar-refractivity contribution < 1.29 is 18.7 Å². The average molecular weight is 511 g/mol. The standard InChI is InChI=1S/C26H24ClFN4O4/c1-13(2)36-12-22(30-15-7-9-21(28)20(27)11-15)26(35)31-14-6-8-17-19(10-14)16-4-3-5-18(24(29)33)23(16)32-25(17)34/h3-11,13,22,30H,12H2,1-2H3,(H2,29,33)(H,31,35)(H,32,34)/t22-/m0/s1. The molecule has 0 aliphatic heterocycles. The zero-order valence-corrected chi connectivity index (χ0v) is 20.3. The van der Waals surface area contributed by atoms with Crippen LogP contribution in [0.5, 0.6) is 0 Å². The van der Waals surface area contributed by atoms with Gasteiger partial charge in [-0.15, -0.1) is 0 Å². The number of hydrogen-bond acceptors (Lipinski definition) is 5. The molecule has 4 aromatic rings. The first-order chi connectivity index (χ1) is 17.1. The lowest BCUT2D eigenvalue weighted by atomic mass is 10.0. The normalized spacial score (nSPS) is 12.1. The lowest BCUT2D eigenvalue weighted by Crippen LogP contribution is -2.39. The van der Waals surface area contributed by atoms with Crippen molar-refractivity contribution in [1.29, 1.82) is 0 Å². The van der Waals surface area contributed by atoms with Crippen molar-refractivity contribution in [2.75, 3.05) is 17.2 Å². The van der Waals surface area contributed by atoms with Gasteiger partial charge in [0.15, 0.2) is 0 Å². The van der Waals surface area contributed by atoms with Gasteiger partial charge in [0.2, 0.25) is 5.91 Å². The highest BCUT2D eigenvalue weighted by atomic mass is 35.5. The summed E-state index contributed by atoms with van der Waals surface area (Å²) in [6, 6.07) is 13.0. The minimum atomic E-state index is -0.831. The Morgan fingerprint density at radius 3 is 2.50 bits per heavy atom. The number of benzene rings is 3. The quantitative estimate of drug-likeness (QED) is 0.261. The molecule has 0 fully saturated rings. The predicted octanol–water partition coefficient (Wildman–Crippen LogP) is 4.42. The number of nitrogens with one attached hydrogen (secondary N) is 3. The highest BCUT2D eigenvalue weighted by molar-refractivity contribution is 6.31. The number of halogens is 2. The number of aromatic amines is 1. The molecule has 10 heteroatoms. The van der Waals surface area contributed by atoms with E-state index in [1.165, 1.54) is 24.3 Å². The number of nitrogens with two attached hydrogens (primary N) is 1. The largest absolute Gasteiger partial charge is 0.376 e. The second-order valence-corrected chi connectivity index (χ2v) is 8.91. The van der Waals surface area contributed by atoms with Crippen molar-refractivity contribution in [2.45, 2.75) is 26.0 Å². The first-order valence-electron chi connectivity index (χ1n) is 11.2. The highest BCUT2D eigenvalue weighted by Gasteiger charge is 2.21. The number of aromatic nitrogens is 1. The van der Waals surface area contributed by atoms with E-state index in [1.807, 2.05) is 13.8 Å². The summed E-state index contributed by atoms with van der Waals surface area (Å²) in [5, 5.41) is 7.32. The molecule has 0 saturated carbocycles. The molecule has 4 rings (SSSR count). The molecule has 0 aliphatic carbocycles. The predicted molar refractivity (Wildman–Crippen MR) is 139 cm³/mol. The summed E-state index contributed by atoms with van der Waals surface area (Å²) in [5.41, 5.74) is 6.47. The number of carbonyl (C=O) groups is 2. The van der Waals surface area contributed by atoms with Crippen molar-refractivity contribution in [3.8, 4) is 0 Å². The van der Waals surface area contributed by atoms with Crippen LogP contribution in [0.25, 0.3) is 21.7 Å². The van der Waals surface area contributed by atoms with Gasteiger partial charge >= 0.3 is 0 Å². The van der Waals surface area contributed by atoms with E-state index < -0.39 is 23.7 Å². The average Bonchev–Trinajstić information content (AvgIpc) is 2.83. The van der Waals surface area contributed by atoms with Crippen LogP contribution in [-0.4, -0.2) is 35.6 Å². The molecular weight excluding hydrogens is 487 g/mol. The van der Waals surface area contributed by atoms with Gasteiger partial charge in [0.05, 0.1) is 28.8 Å². The summed E-state index contributed by atoms with van der Waals surface area (Å²) in [5.74, 6) is -1.65. The minimum Gasteiger partial charge on any atom is -0.376 e. The van der Waals surface area contributed by atoms with Crippen molar-refractivity contribution in [1.82, 2.24) is 4.98 Å². The zero-order chi connectivity index (χ0) is 26.0. The molecule has 1 atom stereocenters. The third-order valence-corrected chi connectivity index (χ3v) is 5.85. The van der Waals surface area contributed by atoms with E-state index in [1.54, 1.807) is 30.3 Å². The van der Waals surface area contributed by atoms with Crippen LogP contribution in [0, 0.1) is 5.82 Å². The number of rotatable bonds is 8. The van der Waals surface area contributed by atoms with Crippen LogP contribution < -0.4 is 21.9 Å². The van der Waals surface area contributed by atoms with Crippen molar-refractivity contribution in [2.24, 2.45) is 5.73 Å². The summed E-state index contributed by atoms with van der Waals surface area (Å²) in [4.78, 5) is 40.4. The molecule has 0 saturated heterocycles. The number of fused-ring (bicyclic) bond motifs is 3. The molecule has 3 aromatic carbocycles. The van der Waals surface area contributed by atoms with Crippen LogP contribution in [0.3, 0.4) is 0 Å². The van der Waals surface area contributed by atoms with Crippen LogP contribution in [0.4, 0.5) is 15.8 Å². The highest BCUT2D eigenvalue weighted by Crippen LogP contribution is 2.26. The molecule has 1 heterocycles. The number of amides is 2. The summed E-state index contributed by atoms with van der Waals surface area (Å²) in [6.45, 7) is 3.72. The second-order valence-electron chi connectivity index (χ2n) is 8.50. The number of H-pyrrole nitrogens is 1. The van der Waals surface area contributed by atoms with Crippen LogP contribution >= 0.6 is 11.6 Å². The lowest BCUT2D eigenvalue weighted by molar-refractivity contribution is -0.118. The Morgan fingerprint density at radius 1 is 1.06 bits per heavy atom.